The lowest BCUT2D eigenvalue weighted by molar-refractivity contribution is -0.137. The van der Waals surface area contributed by atoms with Gasteiger partial charge in [0, 0.05) is 12.7 Å². The second-order valence-electron chi connectivity index (χ2n) is 5.35. The number of nitrogens with two attached hydrogens (primary N) is 1. The minimum atomic E-state index is -4.39. The number of nitrogens with zero attached hydrogens (tertiary/aromatic N) is 2. The first-order valence-electron chi connectivity index (χ1n) is 7.22. The summed E-state index contributed by atoms with van der Waals surface area (Å²) in [6.45, 7) is 0. The molecule has 3 aromatic rings. The van der Waals surface area contributed by atoms with E-state index < -0.39 is 17.6 Å². The molecular weight excluding hydrogens is 335 g/mol. The Morgan fingerprint density at radius 2 is 1.84 bits per heavy atom. The van der Waals surface area contributed by atoms with E-state index in [2.05, 4.69) is 10.4 Å². The molecule has 0 radical (unpaired) electrons. The van der Waals surface area contributed by atoms with Crippen LogP contribution in [0.2, 0.25) is 0 Å². The smallest absolute Gasteiger partial charge is 0.355 e. The van der Waals surface area contributed by atoms with Crippen molar-refractivity contribution in [2.75, 3.05) is 5.32 Å². The van der Waals surface area contributed by atoms with Crippen LogP contribution in [0, 0.1) is 0 Å². The van der Waals surface area contributed by atoms with Crippen LogP contribution in [0.3, 0.4) is 0 Å². The molecule has 3 rings (SSSR count). The molecule has 25 heavy (non-hydrogen) atoms. The number of fused-ring (bicyclic) bond motifs is 1. The second kappa shape index (κ2) is 6.10. The van der Waals surface area contributed by atoms with Crippen molar-refractivity contribution < 1.29 is 18.0 Å². The number of carbonyl (C=O) groups is 1. The van der Waals surface area contributed by atoms with E-state index in [1.807, 2.05) is 5.43 Å². The summed E-state index contributed by atoms with van der Waals surface area (Å²) < 4.78 is 39.5. The maximum absolute atomic E-state index is 12.7. The Labute approximate surface area is 140 Å². The highest BCUT2D eigenvalue weighted by molar-refractivity contribution is 6.10. The molecule has 130 valence electrons. The van der Waals surface area contributed by atoms with Crippen LogP contribution in [0.5, 0.6) is 0 Å². The number of hydrogen-bond acceptors (Lipinski definition) is 4. The molecule has 1 amide bonds. The van der Waals surface area contributed by atoms with Gasteiger partial charge in [-0.15, -0.1) is 0 Å². The van der Waals surface area contributed by atoms with Crippen molar-refractivity contribution in [1.29, 1.82) is 0 Å². The molecule has 0 spiro atoms. The van der Waals surface area contributed by atoms with Gasteiger partial charge >= 0.3 is 6.18 Å². The van der Waals surface area contributed by atoms with Crippen LogP contribution in [0.25, 0.3) is 10.9 Å². The standard InChI is InChI=1S/C16H14F3N5O/c1-24-12-4-2-3-11(13(12)14(23-24)15(25)22-20)21-10-7-5-9(6-8-10)16(17,18)19/h2-8,21H,20H2,1H3,(H,22,25). The number of aromatic nitrogens is 2. The summed E-state index contributed by atoms with van der Waals surface area (Å²) in [4.78, 5) is 11.9. The lowest BCUT2D eigenvalue weighted by atomic mass is 10.1. The van der Waals surface area contributed by atoms with Gasteiger partial charge in [0.15, 0.2) is 5.69 Å². The van der Waals surface area contributed by atoms with Gasteiger partial charge in [-0.25, -0.2) is 5.84 Å². The monoisotopic (exact) mass is 349 g/mol. The number of halogens is 3. The van der Waals surface area contributed by atoms with E-state index in [9.17, 15) is 18.0 Å². The Morgan fingerprint density at radius 3 is 2.44 bits per heavy atom. The molecule has 9 heteroatoms. The van der Waals surface area contributed by atoms with Crippen LogP contribution in [0.4, 0.5) is 24.5 Å². The predicted molar refractivity (Wildman–Crippen MR) is 87.1 cm³/mol. The van der Waals surface area contributed by atoms with E-state index >= 15 is 0 Å². The van der Waals surface area contributed by atoms with Gasteiger partial charge in [0.25, 0.3) is 5.91 Å². The fourth-order valence-electron chi connectivity index (χ4n) is 2.54. The summed E-state index contributed by atoms with van der Waals surface area (Å²) in [6, 6.07) is 9.84. The van der Waals surface area contributed by atoms with Crippen molar-refractivity contribution in [3.05, 3.63) is 53.7 Å². The molecule has 2 aromatic carbocycles. The van der Waals surface area contributed by atoms with E-state index in [0.29, 0.717) is 22.3 Å². The topological polar surface area (TPSA) is 85.0 Å². The van der Waals surface area contributed by atoms with Crippen LogP contribution in [0.15, 0.2) is 42.5 Å². The van der Waals surface area contributed by atoms with E-state index in [1.54, 1.807) is 25.2 Å². The van der Waals surface area contributed by atoms with Gasteiger partial charge in [-0.2, -0.15) is 18.3 Å². The fraction of sp³-hybridized carbons (Fsp3) is 0.125. The van der Waals surface area contributed by atoms with Crippen molar-refractivity contribution >= 4 is 28.2 Å². The molecule has 0 unspecified atom stereocenters. The number of alkyl halides is 3. The lowest BCUT2D eigenvalue weighted by Crippen LogP contribution is -2.30. The molecule has 6 nitrogen and oxygen atoms in total. The Morgan fingerprint density at radius 1 is 1.16 bits per heavy atom. The summed E-state index contributed by atoms with van der Waals surface area (Å²) in [7, 11) is 1.68. The number of amides is 1. The zero-order valence-electron chi connectivity index (χ0n) is 13.1. The minimum absolute atomic E-state index is 0.120. The number of nitrogens with one attached hydrogen (secondary N) is 2. The first-order chi connectivity index (χ1) is 11.8. The van der Waals surface area contributed by atoms with Crippen LogP contribution in [-0.2, 0) is 13.2 Å². The zero-order valence-corrected chi connectivity index (χ0v) is 13.1. The number of carbonyl (C=O) groups excluding carboxylic acids is 1. The van der Waals surface area contributed by atoms with E-state index in [1.165, 1.54) is 16.8 Å². The highest BCUT2D eigenvalue weighted by Gasteiger charge is 2.30. The average molecular weight is 349 g/mol. The fourth-order valence-corrected chi connectivity index (χ4v) is 2.54. The number of benzene rings is 2. The van der Waals surface area contributed by atoms with Gasteiger partial charge in [0.1, 0.15) is 0 Å². The molecule has 0 aliphatic heterocycles. The van der Waals surface area contributed by atoms with Gasteiger partial charge in [0.2, 0.25) is 0 Å². The molecule has 1 aromatic heterocycles. The third-order valence-electron chi connectivity index (χ3n) is 3.72. The molecule has 0 atom stereocenters. The highest BCUT2D eigenvalue weighted by Crippen LogP contribution is 2.32. The van der Waals surface area contributed by atoms with Gasteiger partial charge < -0.3 is 5.32 Å². The Bertz CT molecular complexity index is 931. The second-order valence-corrected chi connectivity index (χ2v) is 5.35. The maximum atomic E-state index is 12.7. The molecule has 0 bridgehead atoms. The zero-order chi connectivity index (χ0) is 18.2. The van der Waals surface area contributed by atoms with Gasteiger partial charge in [-0.3, -0.25) is 14.9 Å². The molecule has 1 heterocycles. The van der Waals surface area contributed by atoms with Gasteiger partial charge in [-0.1, -0.05) is 6.07 Å². The Kier molecular flexibility index (Phi) is 4.09. The lowest BCUT2D eigenvalue weighted by Gasteiger charge is -2.11. The first kappa shape index (κ1) is 16.8. The largest absolute Gasteiger partial charge is 0.416 e. The van der Waals surface area contributed by atoms with Crippen LogP contribution >= 0.6 is 0 Å². The molecule has 0 saturated heterocycles. The SMILES string of the molecule is Cn1nc(C(=O)NN)c2c(Nc3ccc(C(F)(F)F)cc3)cccc21. The number of nitrogen functional groups attached to an aromatic ring is 1. The summed E-state index contributed by atoms with van der Waals surface area (Å²) in [5, 5.41) is 7.68. The van der Waals surface area contributed by atoms with Crippen molar-refractivity contribution in [2.45, 2.75) is 6.18 Å². The highest BCUT2D eigenvalue weighted by atomic mass is 19.4. The Hall–Kier alpha value is -3.07. The summed E-state index contributed by atoms with van der Waals surface area (Å²) in [5.41, 5.74) is 3.07. The van der Waals surface area contributed by atoms with Crippen LogP contribution in [0.1, 0.15) is 16.1 Å². The van der Waals surface area contributed by atoms with Crippen LogP contribution < -0.4 is 16.6 Å². The third-order valence-corrected chi connectivity index (χ3v) is 3.72. The van der Waals surface area contributed by atoms with Gasteiger partial charge in [0.05, 0.1) is 22.2 Å². The number of hydrogen-bond donors (Lipinski definition) is 3. The van der Waals surface area contributed by atoms with Crippen molar-refractivity contribution in [1.82, 2.24) is 15.2 Å². The van der Waals surface area contributed by atoms with E-state index in [-0.39, 0.29) is 5.69 Å². The number of hydrazine groups is 1. The average Bonchev–Trinajstić information content (AvgIpc) is 2.92. The summed E-state index contributed by atoms with van der Waals surface area (Å²) in [6.07, 6.45) is -4.39. The number of rotatable bonds is 3. The third kappa shape index (κ3) is 3.13. The molecule has 0 aliphatic carbocycles. The van der Waals surface area contributed by atoms with E-state index in [4.69, 9.17) is 5.84 Å². The van der Waals surface area contributed by atoms with Crippen molar-refractivity contribution in [3.8, 4) is 0 Å². The van der Waals surface area contributed by atoms with Crippen molar-refractivity contribution in [3.63, 3.8) is 0 Å². The molecule has 4 N–H and O–H groups in total. The van der Waals surface area contributed by atoms with Crippen LogP contribution in [-0.4, -0.2) is 15.7 Å². The summed E-state index contributed by atoms with van der Waals surface area (Å²) in [5.74, 6) is 4.63. The Balaban J connectivity index is 2.03. The van der Waals surface area contributed by atoms with Gasteiger partial charge in [-0.05, 0) is 36.4 Å². The molecular formula is C16H14F3N5O. The minimum Gasteiger partial charge on any atom is -0.355 e. The number of aryl methyl sites for hydroxylation is 1. The molecule has 0 aliphatic rings. The maximum Gasteiger partial charge on any atom is 0.416 e. The molecule has 0 saturated carbocycles. The van der Waals surface area contributed by atoms with Crippen molar-refractivity contribution in [2.24, 2.45) is 12.9 Å². The number of anilines is 2. The first-order valence-corrected chi connectivity index (χ1v) is 7.22. The summed E-state index contributed by atoms with van der Waals surface area (Å²) >= 11 is 0. The van der Waals surface area contributed by atoms with E-state index in [0.717, 1.165) is 12.1 Å². The predicted octanol–water partition coefficient (Wildman–Crippen LogP) is 2.94. The normalized spacial score (nSPS) is 11.6. The molecule has 0 fully saturated rings. The quantitative estimate of drug-likeness (QED) is 0.386.